The van der Waals surface area contributed by atoms with Gasteiger partial charge in [0.1, 0.15) is 6.61 Å². The molecule has 0 atom stereocenters. The zero-order valence-corrected chi connectivity index (χ0v) is 19.8. The van der Waals surface area contributed by atoms with Crippen molar-refractivity contribution in [2.75, 3.05) is 17.7 Å². The lowest BCUT2D eigenvalue weighted by Crippen LogP contribution is -2.17. The van der Waals surface area contributed by atoms with E-state index < -0.39 is 0 Å². The molecule has 0 spiro atoms. The van der Waals surface area contributed by atoms with Gasteiger partial charge in [0.05, 0.1) is 7.11 Å². The summed E-state index contributed by atoms with van der Waals surface area (Å²) < 4.78 is 11.4. The first-order valence-electron chi connectivity index (χ1n) is 10.2. The topological polar surface area (TPSA) is 59.6 Å². The molecule has 3 aromatic rings. The predicted molar refractivity (Wildman–Crippen MR) is 131 cm³/mol. The van der Waals surface area contributed by atoms with E-state index in [-0.39, 0.29) is 11.8 Å². The molecule has 3 rings (SSSR count). The van der Waals surface area contributed by atoms with E-state index in [1.165, 1.54) is 0 Å². The van der Waals surface area contributed by atoms with Gasteiger partial charge in [0.25, 0.3) is 0 Å². The predicted octanol–water partition coefficient (Wildman–Crippen LogP) is 6.79. The minimum absolute atomic E-state index is 0.0112. The highest BCUT2D eigenvalue weighted by Crippen LogP contribution is 2.34. The summed E-state index contributed by atoms with van der Waals surface area (Å²) >= 11 is 12.4. The normalized spacial score (nSPS) is 10.7. The molecule has 1 amide bonds. The van der Waals surface area contributed by atoms with Crippen LogP contribution in [0.1, 0.15) is 25.0 Å². The van der Waals surface area contributed by atoms with Gasteiger partial charge in [-0.1, -0.05) is 49.2 Å². The van der Waals surface area contributed by atoms with Crippen LogP contribution < -0.4 is 20.1 Å². The van der Waals surface area contributed by atoms with E-state index in [1.807, 2.05) is 68.4 Å². The number of carbonyl (C=O) groups excluding carboxylic acids is 1. The third kappa shape index (κ3) is 6.55. The summed E-state index contributed by atoms with van der Waals surface area (Å²) in [6.07, 6.45) is 0. The minimum Gasteiger partial charge on any atom is -0.493 e. The van der Waals surface area contributed by atoms with Gasteiger partial charge in [0.2, 0.25) is 5.91 Å². The molecule has 3 aromatic carbocycles. The van der Waals surface area contributed by atoms with Crippen molar-refractivity contribution in [1.82, 2.24) is 0 Å². The van der Waals surface area contributed by atoms with Gasteiger partial charge < -0.3 is 20.1 Å². The summed E-state index contributed by atoms with van der Waals surface area (Å²) in [7, 11) is 1.60. The molecule has 7 heteroatoms. The van der Waals surface area contributed by atoms with E-state index >= 15 is 0 Å². The average Bonchev–Trinajstić information content (AvgIpc) is 2.78. The summed E-state index contributed by atoms with van der Waals surface area (Å²) in [6.45, 7) is 4.60. The SMILES string of the molecule is COc1cc(CNc2ccc(NC(=O)C(C)C)cc2)c(Cl)cc1OCc1ccc(Cl)cc1. The second-order valence-electron chi connectivity index (χ2n) is 7.58. The summed E-state index contributed by atoms with van der Waals surface area (Å²) in [5.74, 6) is 1.10. The van der Waals surface area contributed by atoms with Gasteiger partial charge in [-0.3, -0.25) is 4.79 Å². The zero-order chi connectivity index (χ0) is 23.1. The Bertz CT molecular complexity index is 1050. The van der Waals surface area contributed by atoms with Crippen molar-refractivity contribution >= 4 is 40.5 Å². The van der Waals surface area contributed by atoms with E-state index in [4.69, 9.17) is 32.7 Å². The number of nitrogens with one attached hydrogen (secondary N) is 2. The highest BCUT2D eigenvalue weighted by Gasteiger charge is 2.12. The summed E-state index contributed by atoms with van der Waals surface area (Å²) in [5, 5.41) is 7.46. The Kier molecular flexibility index (Phi) is 8.26. The minimum atomic E-state index is -0.0666. The van der Waals surface area contributed by atoms with E-state index in [2.05, 4.69) is 10.6 Å². The van der Waals surface area contributed by atoms with Crippen LogP contribution in [-0.2, 0) is 17.9 Å². The van der Waals surface area contributed by atoms with Crippen LogP contribution in [0.2, 0.25) is 10.0 Å². The van der Waals surface area contributed by atoms with Crippen LogP contribution in [-0.4, -0.2) is 13.0 Å². The van der Waals surface area contributed by atoms with Gasteiger partial charge in [0, 0.05) is 39.9 Å². The van der Waals surface area contributed by atoms with Crippen molar-refractivity contribution in [1.29, 1.82) is 0 Å². The number of methoxy groups -OCH3 is 1. The number of rotatable bonds is 9. The lowest BCUT2D eigenvalue weighted by atomic mass is 10.1. The Morgan fingerprint density at radius 2 is 1.59 bits per heavy atom. The van der Waals surface area contributed by atoms with Crippen LogP contribution in [0.4, 0.5) is 11.4 Å². The second kappa shape index (κ2) is 11.1. The Morgan fingerprint density at radius 1 is 0.938 bits per heavy atom. The maximum absolute atomic E-state index is 11.8. The molecular formula is C25H26Cl2N2O3. The van der Waals surface area contributed by atoms with E-state index in [0.29, 0.717) is 34.7 Å². The van der Waals surface area contributed by atoms with Crippen LogP contribution in [0.25, 0.3) is 0 Å². The second-order valence-corrected chi connectivity index (χ2v) is 8.43. The number of anilines is 2. The molecule has 0 saturated carbocycles. The first kappa shape index (κ1) is 23.8. The van der Waals surface area contributed by atoms with Crippen LogP contribution in [0.3, 0.4) is 0 Å². The first-order valence-corrected chi connectivity index (χ1v) is 11.0. The van der Waals surface area contributed by atoms with E-state index in [1.54, 1.807) is 13.2 Å². The molecule has 0 fully saturated rings. The molecule has 168 valence electrons. The van der Waals surface area contributed by atoms with E-state index in [0.717, 1.165) is 22.5 Å². The Labute approximate surface area is 198 Å². The maximum Gasteiger partial charge on any atom is 0.226 e. The van der Waals surface area contributed by atoms with Gasteiger partial charge in [-0.05, 0) is 53.6 Å². The molecule has 32 heavy (non-hydrogen) atoms. The van der Waals surface area contributed by atoms with Gasteiger partial charge in [-0.25, -0.2) is 0 Å². The fourth-order valence-electron chi connectivity index (χ4n) is 2.88. The van der Waals surface area contributed by atoms with E-state index in [9.17, 15) is 4.79 Å². The number of hydrogen-bond donors (Lipinski definition) is 2. The van der Waals surface area contributed by atoms with Crippen molar-refractivity contribution in [3.05, 3.63) is 81.8 Å². The molecular weight excluding hydrogens is 447 g/mol. The lowest BCUT2D eigenvalue weighted by Gasteiger charge is -2.15. The van der Waals surface area contributed by atoms with Crippen molar-refractivity contribution in [2.45, 2.75) is 27.0 Å². The fraction of sp³-hybridized carbons (Fsp3) is 0.240. The Morgan fingerprint density at radius 3 is 2.22 bits per heavy atom. The number of carbonyl (C=O) groups is 1. The number of hydrogen-bond acceptors (Lipinski definition) is 4. The van der Waals surface area contributed by atoms with Gasteiger partial charge in [-0.2, -0.15) is 0 Å². The molecule has 0 bridgehead atoms. The molecule has 0 aliphatic heterocycles. The monoisotopic (exact) mass is 472 g/mol. The standard InChI is InChI=1S/C25H26Cl2N2O3/c1-16(2)25(30)29-21-10-8-20(9-11-21)28-14-18-12-23(31-3)24(13-22(18)27)32-15-17-4-6-19(26)7-5-17/h4-13,16,28H,14-15H2,1-3H3,(H,29,30). The Hall–Kier alpha value is -2.89. The molecule has 0 aliphatic rings. The highest BCUT2D eigenvalue weighted by molar-refractivity contribution is 6.31. The van der Waals surface area contributed by atoms with Crippen molar-refractivity contribution < 1.29 is 14.3 Å². The number of benzene rings is 3. The first-order chi connectivity index (χ1) is 15.4. The van der Waals surface area contributed by atoms with Gasteiger partial charge >= 0.3 is 0 Å². The van der Waals surface area contributed by atoms with Gasteiger partial charge in [0.15, 0.2) is 11.5 Å². The molecule has 0 unspecified atom stereocenters. The fourth-order valence-corrected chi connectivity index (χ4v) is 3.23. The summed E-state index contributed by atoms with van der Waals surface area (Å²) in [6, 6.07) is 18.6. The van der Waals surface area contributed by atoms with Crippen LogP contribution in [0, 0.1) is 5.92 Å². The highest BCUT2D eigenvalue weighted by atomic mass is 35.5. The molecule has 5 nitrogen and oxygen atoms in total. The number of ether oxygens (including phenoxy) is 2. The molecule has 0 radical (unpaired) electrons. The third-order valence-corrected chi connectivity index (χ3v) is 5.40. The number of amides is 1. The van der Waals surface area contributed by atoms with Crippen LogP contribution >= 0.6 is 23.2 Å². The molecule has 2 N–H and O–H groups in total. The van der Waals surface area contributed by atoms with Crippen LogP contribution in [0.5, 0.6) is 11.5 Å². The molecule has 0 saturated heterocycles. The van der Waals surface area contributed by atoms with Crippen molar-refractivity contribution in [3.8, 4) is 11.5 Å². The number of halogens is 2. The molecule has 0 aliphatic carbocycles. The molecule has 0 heterocycles. The average molecular weight is 473 g/mol. The Balaban J connectivity index is 1.63. The maximum atomic E-state index is 11.8. The summed E-state index contributed by atoms with van der Waals surface area (Å²) in [5.41, 5.74) is 3.53. The smallest absolute Gasteiger partial charge is 0.226 e. The quantitative estimate of drug-likeness (QED) is 0.359. The molecule has 0 aromatic heterocycles. The largest absolute Gasteiger partial charge is 0.493 e. The van der Waals surface area contributed by atoms with Crippen LogP contribution in [0.15, 0.2) is 60.7 Å². The van der Waals surface area contributed by atoms with Crippen molar-refractivity contribution in [2.24, 2.45) is 5.92 Å². The third-order valence-electron chi connectivity index (χ3n) is 4.80. The summed E-state index contributed by atoms with van der Waals surface area (Å²) in [4.78, 5) is 11.8. The van der Waals surface area contributed by atoms with Crippen molar-refractivity contribution in [3.63, 3.8) is 0 Å². The van der Waals surface area contributed by atoms with Gasteiger partial charge in [-0.15, -0.1) is 0 Å². The lowest BCUT2D eigenvalue weighted by molar-refractivity contribution is -0.118. The zero-order valence-electron chi connectivity index (χ0n) is 18.2.